The zero-order valence-corrected chi connectivity index (χ0v) is 14.2. The molecule has 1 saturated heterocycles. The summed E-state index contributed by atoms with van der Waals surface area (Å²) in [5.74, 6) is 0.122. The molecule has 2 amide bonds. The van der Waals surface area contributed by atoms with Gasteiger partial charge in [0.25, 0.3) is 5.91 Å². The molecule has 2 rings (SSSR count). The molecule has 1 fully saturated rings. The number of benzene rings is 1. The van der Waals surface area contributed by atoms with Crippen molar-refractivity contribution in [2.75, 3.05) is 13.1 Å². The van der Waals surface area contributed by atoms with Crippen molar-refractivity contribution >= 4 is 11.8 Å². The number of nitrogens with two attached hydrogens (primary N) is 1. The van der Waals surface area contributed by atoms with Crippen LogP contribution in [-0.4, -0.2) is 41.9 Å². The molecule has 1 heterocycles. The Hall–Kier alpha value is -1.88. The number of hydrogen-bond acceptors (Lipinski definition) is 3. The van der Waals surface area contributed by atoms with Gasteiger partial charge in [-0.05, 0) is 37.3 Å². The summed E-state index contributed by atoms with van der Waals surface area (Å²) in [5, 5.41) is 3.08. The van der Waals surface area contributed by atoms with E-state index in [2.05, 4.69) is 5.32 Å². The van der Waals surface area contributed by atoms with E-state index in [0.717, 1.165) is 18.4 Å². The number of amides is 2. The van der Waals surface area contributed by atoms with E-state index in [9.17, 15) is 9.59 Å². The second-order valence-electron chi connectivity index (χ2n) is 6.66. The Kier molecular flexibility index (Phi) is 5.77. The van der Waals surface area contributed by atoms with Crippen LogP contribution in [0.1, 0.15) is 42.6 Å². The van der Waals surface area contributed by atoms with Crippen molar-refractivity contribution in [3.05, 3.63) is 35.4 Å². The summed E-state index contributed by atoms with van der Waals surface area (Å²) in [6.07, 6.45) is 1.54. The molecule has 0 aromatic heterocycles. The first-order valence-electron chi connectivity index (χ1n) is 8.31. The van der Waals surface area contributed by atoms with Crippen molar-refractivity contribution in [1.29, 1.82) is 0 Å². The first-order chi connectivity index (χ1) is 10.9. The molecule has 3 N–H and O–H groups in total. The second kappa shape index (κ2) is 7.59. The van der Waals surface area contributed by atoms with Gasteiger partial charge >= 0.3 is 0 Å². The molecule has 0 saturated carbocycles. The average molecular weight is 317 g/mol. The molecule has 23 heavy (non-hydrogen) atoms. The van der Waals surface area contributed by atoms with Crippen LogP contribution in [0.2, 0.25) is 0 Å². The molecule has 0 radical (unpaired) electrons. The number of hydrogen-bond donors (Lipinski definition) is 2. The van der Waals surface area contributed by atoms with Crippen molar-refractivity contribution in [3.63, 3.8) is 0 Å². The first-order valence-corrected chi connectivity index (χ1v) is 8.31. The van der Waals surface area contributed by atoms with Crippen molar-refractivity contribution in [2.45, 2.75) is 45.7 Å². The summed E-state index contributed by atoms with van der Waals surface area (Å²) in [7, 11) is 0. The molecule has 126 valence electrons. The average Bonchev–Trinajstić information content (AvgIpc) is 2.54. The molecule has 0 aliphatic carbocycles. The zero-order chi connectivity index (χ0) is 17.0. The fourth-order valence-electron chi connectivity index (χ4n) is 2.83. The quantitative estimate of drug-likeness (QED) is 0.887. The normalized spacial score (nSPS) is 17.2. The fraction of sp³-hybridized carbons (Fsp3) is 0.556. The Labute approximate surface area is 138 Å². The molecule has 1 atom stereocenters. The number of carbonyl (C=O) groups is 2. The second-order valence-corrected chi connectivity index (χ2v) is 6.66. The van der Waals surface area contributed by atoms with Crippen LogP contribution < -0.4 is 11.1 Å². The lowest BCUT2D eigenvalue weighted by molar-refractivity contribution is -0.134. The van der Waals surface area contributed by atoms with Gasteiger partial charge in [0, 0.05) is 24.7 Å². The Balaban J connectivity index is 1.87. The first kappa shape index (κ1) is 17.5. The van der Waals surface area contributed by atoms with Crippen LogP contribution >= 0.6 is 0 Å². The minimum Gasteiger partial charge on any atom is -0.349 e. The largest absolute Gasteiger partial charge is 0.349 e. The minimum absolute atomic E-state index is 0.0173. The molecular weight excluding hydrogens is 290 g/mol. The standard InChI is InChI=1S/C18H27N3O2/c1-12(2)16(19)18(23)21-10-8-14(9-11-21)20-17(22)15-7-5-4-6-13(15)3/h4-7,12,14,16H,8-11,19H2,1-3H3,(H,20,22)/t16-/m0/s1. The lowest BCUT2D eigenvalue weighted by Crippen LogP contribution is -2.52. The predicted molar refractivity (Wildman–Crippen MR) is 91.1 cm³/mol. The van der Waals surface area contributed by atoms with Gasteiger partial charge < -0.3 is 16.0 Å². The van der Waals surface area contributed by atoms with E-state index in [1.54, 1.807) is 0 Å². The third-order valence-electron chi connectivity index (χ3n) is 4.53. The predicted octanol–water partition coefficient (Wildman–Crippen LogP) is 1.70. The number of rotatable bonds is 4. The topological polar surface area (TPSA) is 75.4 Å². The van der Waals surface area contributed by atoms with Crippen molar-refractivity contribution in [3.8, 4) is 0 Å². The van der Waals surface area contributed by atoms with Gasteiger partial charge in [-0.3, -0.25) is 9.59 Å². The lowest BCUT2D eigenvalue weighted by atomic mass is 10.00. The molecule has 1 aromatic carbocycles. The third-order valence-corrected chi connectivity index (χ3v) is 4.53. The van der Waals surface area contributed by atoms with E-state index >= 15 is 0 Å². The SMILES string of the molecule is Cc1ccccc1C(=O)NC1CCN(C(=O)[C@@H](N)C(C)C)CC1. The molecule has 0 spiro atoms. The van der Waals surface area contributed by atoms with Gasteiger partial charge in [-0.15, -0.1) is 0 Å². The number of nitrogens with zero attached hydrogens (tertiary/aromatic N) is 1. The molecule has 1 aliphatic rings. The Morgan fingerprint density at radius 1 is 1.22 bits per heavy atom. The van der Waals surface area contributed by atoms with Gasteiger partial charge in [0.05, 0.1) is 6.04 Å². The highest BCUT2D eigenvalue weighted by Gasteiger charge is 2.28. The van der Waals surface area contributed by atoms with Crippen molar-refractivity contribution in [1.82, 2.24) is 10.2 Å². The summed E-state index contributed by atoms with van der Waals surface area (Å²) in [6, 6.07) is 7.24. The van der Waals surface area contributed by atoms with Crippen LogP contribution in [0, 0.1) is 12.8 Å². The number of carbonyl (C=O) groups excluding carboxylic acids is 2. The Morgan fingerprint density at radius 3 is 2.39 bits per heavy atom. The molecule has 0 unspecified atom stereocenters. The maximum Gasteiger partial charge on any atom is 0.251 e. The van der Waals surface area contributed by atoms with Crippen LogP contribution in [0.25, 0.3) is 0 Å². The van der Waals surface area contributed by atoms with Crippen molar-refractivity contribution < 1.29 is 9.59 Å². The summed E-state index contributed by atoms with van der Waals surface area (Å²) in [6.45, 7) is 7.15. The highest BCUT2D eigenvalue weighted by atomic mass is 16.2. The van der Waals surface area contributed by atoms with Gasteiger partial charge in [-0.25, -0.2) is 0 Å². The Morgan fingerprint density at radius 2 is 1.83 bits per heavy atom. The van der Waals surface area contributed by atoms with Gasteiger partial charge in [0.2, 0.25) is 5.91 Å². The lowest BCUT2D eigenvalue weighted by Gasteiger charge is -2.34. The maximum absolute atomic E-state index is 12.3. The summed E-state index contributed by atoms with van der Waals surface area (Å²) < 4.78 is 0. The summed E-state index contributed by atoms with van der Waals surface area (Å²) in [5.41, 5.74) is 7.63. The Bertz CT molecular complexity index is 563. The molecular formula is C18H27N3O2. The summed E-state index contributed by atoms with van der Waals surface area (Å²) in [4.78, 5) is 26.4. The van der Waals surface area contributed by atoms with E-state index in [1.807, 2.05) is 49.9 Å². The zero-order valence-electron chi connectivity index (χ0n) is 14.2. The highest BCUT2D eigenvalue weighted by molar-refractivity contribution is 5.95. The van der Waals surface area contributed by atoms with Crippen LogP contribution in [0.15, 0.2) is 24.3 Å². The van der Waals surface area contributed by atoms with E-state index in [4.69, 9.17) is 5.73 Å². The molecule has 1 aromatic rings. The minimum atomic E-state index is -0.437. The number of likely N-dealkylation sites (tertiary alicyclic amines) is 1. The number of aryl methyl sites for hydroxylation is 1. The monoisotopic (exact) mass is 317 g/mol. The maximum atomic E-state index is 12.3. The van der Waals surface area contributed by atoms with Gasteiger partial charge in [0.15, 0.2) is 0 Å². The van der Waals surface area contributed by atoms with Gasteiger partial charge in [-0.2, -0.15) is 0 Å². The molecule has 1 aliphatic heterocycles. The van der Waals surface area contributed by atoms with Gasteiger partial charge in [0.1, 0.15) is 0 Å². The van der Waals surface area contributed by atoms with E-state index < -0.39 is 6.04 Å². The van der Waals surface area contributed by atoms with E-state index in [-0.39, 0.29) is 23.8 Å². The fourth-order valence-corrected chi connectivity index (χ4v) is 2.83. The van der Waals surface area contributed by atoms with E-state index in [1.165, 1.54) is 0 Å². The van der Waals surface area contributed by atoms with Crippen LogP contribution in [0.5, 0.6) is 0 Å². The van der Waals surface area contributed by atoms with Crippen LogP contribution in [0.4, 0.5) is 0 Å². The number of nitrogens with one attached hydrogen (secondary N) is 1. The molecule has 5 nitrogen and oxygen atoms in total. The van der Waals surface area contributed by atoms with E-state index in [0.29, 0.717) is 18.7 Å². The summed E-state index contributed by atoms with van der Waals surface area (Å²) >= 11 is 0. The van der Waals surface area contributed by atoms with Crippen LogP contribution in [0.3, 0.4) is 0 Å². The van der Waals surface area contributed by atoms with Gasteiger partial charge in [-0.1, -0.05) is 32.0 Å². The molecule has 0 bridgehead atoms. The highest BCUT2D eigenvalue weighted by Crippen LogP contribution is 2.15. The van der Waals surface area contributed by atoms with Crippen molar-refractivity contribution in [2.24, 2.45) is 11.7 Å². The number of piperidine rings is 1. The third kappa shape index (κ3) is 4.32. The van der Waals surface area contributed by atoms with Crippen LogP contribution in [-0.2, 0) is 4.79 Å². The smallest absolute Gasteiger partial charge is 0.251 e. The molecule has 5 heteroatoms.